The Hall–Kier alpha value is -4.18. The van der Waals surface area contributed by atoms with E-state index in [-0.39, 0.29) is 38.4 Å². The molecule has 50 heavy (non-hydrogen) atoms. The van der Waals surface area contributed by atoms with Crippen LogP contribution in [0.1, 0.15) is 61.8 Å². The summed E-state index contributed by atoms with van der Waals surface area (Å²) in [4.78, 5) is 13.1. The lowest BCUT2D eigenvalue weighted by atomic mass is 10.2. The molecule has 4 aromatic carbocycles. The molecule has 0 aliphatic heterocycles. The van der Waals surface area contributed by atoms with E-state index in [1.54, 1.807) is 6.07 Å². The molecule has 0 aliphatic carbocycles. The number of carbonyl (C=O) groups excluding carboxylic acids is 1. The second kappa shape index (κ2) is 17.7. The summed E-state index contributed by atoms with van der Waals surface area (Å²) in [6.07, 6.45) is -0.139. The lowest BCUT2D eigenvalue weighted by Crippen LogP contribution is -2.41. The summed E-state index contributed by atoms with van der Waals surface area (Å²) in [7, 11) is -5.86. The maximum absolute atomic E-state index is 15.8. The van der Waals surface area contributed by atoms with E-state index in [2.05, 4.69) is 9.88 Å². The number of esters is 1. The Labute approximate surface area is 296 Å². The van der Waals surface area contributed by atoms with E-state index in [4.69, 9.17) is 18.5 Å². The van der Waals surface area contributed by atoms with Crippen molar-refractivity contribution in [3.63, 3.8) is 0 Å². The van der Waals surface area contributed by atoms with Gasteiger partial charge in [0, 0.05) is 18.1 Å². The molecule has 11 heteroatoms. The highest BCUT2D eigenvalue weighted by Crippen LogP contribution is 2.65. The standard InChI is InChI=1S/C39H43N2O7PS/c1-39(2,3)50(44)41-36(24-25-37(42)45-27-30-16-8-4-9-17-30)49(43,47-29-32-20-12-6-13-21-32)38(46-28-31-18-10-5-11-19-31)34-26-35(48-40-34)33-22-14-7-15-23-33/h4-23,26,36,38,41H,24-25,27-29H2,1-3H3. The van der Waals surface area contributed by atoms with Crippen LogP contribution in [0.15, 0.2) is 132 Å². The molecule has 262 valence electrons. The molecular formula is C39H43N2O7PS. The average molecular weight is 715 g/mol. The Morgan fingerprint density at radius 1 is 0.800 bits per heavy atom. The van der Waals surface area contributed by atoms with Gasteiger partial charge in [0.15, 0.2) is 11.6 Å². The Morgan fingerprint density at radius 3 is 1.88 bits per heavy atom. The molecule has 0 radical (unpaired) electrons. The van der Waals surface area contributed by atoms with Crippen LogP contribution in [-0.2, 0) is 54.2 Å². The SMILES string of the molecule is CC(C)(C)S(=O)NC(CCC(=O)OCc1ccccc1)P(=O)(OCc1ccccc1)C(OCc1ccccc1)c1cc(-c2ccccc2)on1. The highest BCUT2D eigenvalue weighted by atomic mass is 32.2. The molecule has 1 aromatic heterocycles. The minimum atomic E-state index is -4.16. The van der Waals surface area contributed by atoms with Crippen molar-refractivity contribution in [3.05, 3.63) is 150 Å². The molecule has 4 unspecified atom stereocenters. The Bertz CT molecular complexity index is 1850. The molecule has 0 amide bonds. The number of aromatic nitrogens is 1. The molecule has 1 heterocycles. The number of ether oxygens (including phenoxy) is 2. The van der Waals surface area contributed by atoms with Gasteiger partial charge < -0.3 is 18.5 Å². The second-order valence-corrected chi connectivity index (χ2v) is 17.4. The second-order valence-electron chi connectivity index (χ2n) is 12.7. The summed E-state index contributed by atoms with van der Waals surface area (Å²) < 4.78 is 56.2. The van der Waals surface area contributed by atoms with Crippen molar-refractivity contribution in [1.82, 2.24) is 9.88 Å². The molecule has 0 fully saturated rings. The van der Waals surface area contributed by atoms with Crippen molar-refractivity contribution < 1.29 is 32.1 Å². The lowest BCUT2D eigenvalue weighted by Gasteiger charge is -2.34. The molecule has 5 aromatic rings. The normalized spacial score (nSPS) is 14.7. The number of benzene rings is 4. The van der Waals surface area contributed by atoms with Crippen LogP contribution in [0.5, 0.6) is 0 Å². The zero-order chi connectivity index (χ0) is 35.4. The summed E-state index contributed by atoms with van der Waals surface area (Å²) in [6.45, 7) is 5.56. The van der Waals surface area contributed by atoms with Gasteiger partial charge in [0.1, 0.15) is 12.3 Å². The predicted molar refractivity (Wildman–Crippen MR) is 195 cm³/mol. The summed E-state index contributed by atoms with van der Waals surface area (Å²) in [5.41, 5.74) is 3.48. The molecule has 0 bridgehead atoms. The fraction of sp³-hybridized carbons (Fsp3) is 0.282. The van der Waals surface area contributed by atoms with Crippen LogP contribution < -0.4 is 4.72 Å². The van der Waals surface area contributed by atoms with Gasteiger partial charge in [-0.25, -0.2) is 8.93 Å². The first-order valence-corrected chi connectivity index (χ1v) is 19.4. The van der Waals surface area contributed by atoms with Gasteiger partial charge in [-0.3, -0.25) is 9.36 Å². The van der Waals surface area contributed by atoms with Crippen LogP contribution in [0.2, 0.25) is 0 Å². The van der Waals surface area contributed by atoms with Crippen molar-refractivity contribution >= 4 is 24.3 Å². The van der Waals surface area contributed by atoms with Crippen molar-refractivity contribution in [2.45, 2.75) is 69.8 Å². The fourth-order valence-electron chi connectivity index (χ4n) is 5.01. The van der Waals surface area contributed by atoms with E-state index < -0.39 is 40.7 Å². The van der Waals surface area contributed by atoms with Crippen molar-refractivity contribution in [2.75, 3.05) is 0 Å². The van der Waals surface area contributed by atoms with Crippen LogP contribution in [-0.4, -0.2) is 25.9 Å². The Balaban J connectivity index is 1.53. The monoisotopic (exact) mass is 714 g/mol. The third-order valence-electron chi connectivity index (χ3n) is 7.79. The number of nitrogens with one attached hydrogen (secondary N) is 1. The van der Waals surface area contributed by atoms with Gasteiger partial charge >= 0.3 is 5.97 Å². The first-order valence-electron chi connectivity index (χ1n) is 16.4. The van der Waals surface area contributed by atoms with E-state index in [1.807, 2.05) is 142 Å². The lowest BCUT2D eigenvalue weighted by molar-refractivity contribution is -0.145. The van der Waals surface area contributed by atoms with Gasteiger partial charge in [-0.1, -0.05) is 126 Å². The van der Waals surface area contributed by atoms with E-state index in [0.717, 1.165) is 22.3 Å². The molecule has 4 atom stereocenters. The minimum Gasteiger partial charge on any atom is -0.461 e. The summed E-state index contributed by atoms with van der Waals surface area (Å²) >= 11 is 0. The maximum atomic E-state index is 15.8. The van der Waals surface area contributed by atoms with E-state index in [9.17, 15) is 9.00 Å². The van der Waals surface area contributed by atoms with E-state index >= 15 is 4.57 Å². The van der Waals surface area contributed by atoms with E-state index in [0.29, 0.717) is 5.76 Å². The minimum absolute atomic E-state index is 0.0178. The van der Waals surface area contributed by atoms with Crippen LogP contribution >= 0.6 is 7.37 Å². The first-order chi connectivity index (χ1) is 24.1. The number of hydrogen-bond acceptors (Lipinski definition) is 8. The van der Waals surface area contributed by atoms with Crippen molar-refractivity contribution in [1.29, 1.82) is 0 Å². The zero-order valence-electron chi connectivity index (χ0n) is 28.5. The Kier molecular flexibility index (Phi) is 13.1. The highest BCUT2D eigenvalue weighted by molar-refractivity contribution is 7.84. The van der Waals surface area contributed by atoms with Crippen LogP contribution in [0.3, 0.4) is 0 Å². The van der Waals surface area contributed by atoms with Gasteiger partial charge in [0.2, 0.25) is 0 Å². The third-order valence-corrected chi connectivity index (χ3v) is 12.4. The Morgan fingerprint density at radius 2 is 1.32 bits per heavy atom. The smallest absolute Gasteiger partial charge is 0.306 e. The number of hydrogen-bond donors (Lipinski definition) is 1. The fourth-order valence-corrected chi connectivity index (χ4v) is 8.86. The van der Waals surface area contributed by atoms with Gasteiger partial charge in [-0.2, -0.15) is 0 Å². The maximum Gasteiger partial charge on any atom is 0.306 e. The molecular weight excluding hydrogens is 671 g/mol. The predicted octanol–water partition coefficient (Wildman–Crippen LogP) is 8.95. The van der Waals surface area contributed by atoms with Gasteiger partial charge in [0.05, 0.1) is 34.7 Å². The van der Waals surface area contributed by atoms with Crippen molar-refractivity contribution in [2.24, 2.45) is 0 Å². The molecule has 9 nitrogen and oxygen atoms in total. The van der Waals surface area contributed by atoms with Gasteiger partial charge in [0.25, 0.3) is 7.37 Å². The van der Waals surface area contributed by atoms with Crippen LogP contribution in [0.25, 0.3) is 11.3 Å². The van der Waals surface area contributed by atoms with E-state index in [1.165, 1.54) is 0 Å². The molecule has 0 aliphatic rings. The molecule has 0 saturated carbocycles. The molecule has 5 rings (SSSR count). The molecule has 0 spiro atoms. The number of rotatable bonds is 17. The summed E-state index contributed by atoms with van der Waals surface area (Å²) in [6, 6.07) is 39.3. The topological polar surface area (TPSA) is 117 Å². The van der Waals surface area contributed by atoms with Crippen LogP contribution in [0, 0.1) is 0 Å². The third kappa shape index (κ3) is 10.4. The summed E-state index contributed by atoms with van der Waals surface area (Å²) in [5, 5.41) is 4.35. The summed E-state index contributed by atoms with van der Waals surface area (Å²) in [5.74, 6) is -2.40. The molecule has 0 saturated heterocycles. The number of carbonyl (C=O) groups is 1. The van der Waals surface area contributed by atoms with Crippen LogP contribution in [0.4, 0.5) is 0 Å². The average Bonchev–Trinajstić information content (AvgIpc) is 3.63. The van der Waals surface area contributed by atoms with Gasteiger partial charge in [-0.05, 0) is 43.9 Å². The first kappa shape index (κ1) is 37.1. The number of nitrogens with zero attached hydrogens (tertiary/aromatic N) is 1. The van der Waals surface area contributed by atoms with Crippen molar-refractivity contribution in [3.8, 4) is 11.3 Å². The molecule has 1 N–H and O–H groups in total. The zero-order valence-corrected chi connectivity index (χ0v) is 30.2. The quantitative estimate of drug-likeness (QED) is 0.0750. The van der Waals surface area contributed by atoms with Gasteiger partial charge in [-0.15, -0.1) is 0 Å². The largest absolute Gasteiger partial charge is 0.461 e. The highest BCUT2D eigenvalue weighted by Gasteiger charge is 2.47.